The normalized spacial score (nSPS) is 9.41. The van der Waals surface area contributed by atoms with E-state index in [9.17, 15) is 10.1 Å². The molecule has 2 aromatic carbocycles. The summed E-state index contributed by atoms with van der Waals surface area (Å²) in [6.45, 7) is 0. The zero-order valence-corrected chi connectivity index (χ0v) is 11.4. The van der Waals surface area contributed by atoms with Gasteiger partial charge in [0.15, 0.2) is 5.75 Å². The lowest BCUT2D eigenvalue weighted by Crippen LogP contribution is -1.97. The van der Waals surface area contributed by atoms with Crippen molar-refractivity contribution in [2.45, 2.75) is 0 Å². The molecule has 2 rings (SSSR count). The van der Waals surface area contributed by atoms with Crippen LogP contribution in [0.15, 0.2) is 36.4 Å². The molecule has 0 radical (unpaired) electrons. The van der Waals surface area contributed by atoms with Crippen molar-refractivity contribution in [3.8, 4) is 29.4 Å². The van der Waals surface area contributed by atoms with Crippen LogP contribution in [0.3, 0.4) is 0 Å². The molecule has 0 saturated heterocycles. The molecule has 0 N–H and O–H groups in total. The van der Waals surface area contributed by atoms with Gasteiger partial charge in [0.05, 0.1) is 29.2 Å². The summed E-state index contributed by atoms with van der Waals surface area (Å²) in [7, 11) is 1.39. The minimum atomic E-state index is -0.626. The summed E-state index contributed by atoms with van der Waals surface area (Å²) in [4.78, 5) is 10.5. The number of hydrogen-bond acceptors (Lipinski definition) is 6. The van der Waals surface area contributed by atoms with Crippen molar-refractivity contribution in [2.24, 2.45) is 0 Å². The third-order valence-electron chi connectivity index (χ3n) is 2.83. The Labute approximate surface area is 125 Å². The van der Waals surface area contributed by atoms with Gasteiger partial charge in [0.2, 0.25) is 5.75 Å². The Morgan fingerprint density at radius 3 is 2.27 bits per heavy atom. The van der Waals surface area contributed by atoms with E-state index in [1.54, 1.807) is 0 Å². The number of methoxy groups -OCH3 is 1. The van der Waals surface area contributed by atoms with Crippen LogP contribution in [0.5, 0.6) is 17.2 Å². The lowest BCUT2D eigenvalue weighted by atomic mass is 10.1. The maximum absolute atomic E-state index is 11.1. The van der Waals surface area contributed by atoms with Gasteiger partial charge in [-0.2, -0.15) is 10.5 Å². The second-order valence-corrected chi connectivity index (χ2v) is 4.10. The molecule has 0 aliphatic carbocycles. The Bertz CT molecular complexity index is 786. The van der Waals surface area contributed by atoms with Crippen molar-refractivity contribution in [1.82, 2.24) is 0 Å². The molecule has 22 heavy (non-hydrogen) atoms. The first kappa shape index (κ1) is 14.8. The van der Waals surface area contributed by atoms with Crippen molar-refractivity contribution < 1.29 is 14.4 Å². The van der Waals surface area contributed by atoms with Gasteiger partial charge in [-0.1, -0.05) is 6.07 Å². The summed E-state index contributed by atoms with van der Waals surface area (Å²) >= 11 is 0. The maximum atomic E-state index is 11.1. The van der Waals surface area contributed by atoms with E-state index in [1.807, 2.05) is 12.1 Å². The number of nitro groups is 1. The zero-order chi connectivity index (χ0) is 16.1. The summed E-state index contributed by atoms with van der Waals surface area (Å²) in [5, 5.41) is 29.3. The van der Waals surface area contributed by atoms with E-state index in [0.29, 0.717) is 5.75 Å². The summed E-state index contributed by atoms with van der Waals surface area (Å²) in [5.74, 6) is 0.207. The van der Waals surface area contributed by atoms with Crippen molar-refractivity contribution >= 4 is 5.69 Å². The molecule has 0 fully saturated rings. The quantitative estimate of drug-likeness (QED) is 0.633. The monoisotopic (exact) mass is 295 g/mol. The number of hydrogen-bond donors (Lipinski definition) is 0. The van der Waals surface area contributed by atoms with Crippen LogP contribution in [-0.4, -0.2) is 12.0 Å². The number of benzene rings is 2. The predicted molar refractivity (Wildman–Crippen MR) is 75.6 cm³/mol. The van der Waals surface area contributed by atoms with Crippen LogP contribution in [0.2, 0.25) is 0 Å². The Kier molecular flexibility index (Phi) is 4.21. The molecule has 0 bridgehead atoms. The molecular weight excluding hydrogens is 286 g/mol. The first-order valence-corrected chi connectivity index (χ1v) is 6.04. The van der Waals surface area contributed by atoms with E-state index < -0.39 is 4.92 Å². The van der Waals surface area contributed by atoms with Gasteiger partial charge in [-0.3, -0.25) is 10.1 Å². The first-order valence-electron chi connectivity index (χ1n) is 6.04. The molecule has 0 atom stereocenters. The fourth-order valence-corrected chi connectivity index (χ4v) is 1.79. The van der Waals surface area contributed by atoms with Gasteiger partial charge in [0.1, 0.15) is 17.9 Å². The summed E-state index contributed by atoms with van der Waals surface area (Å²) in [5.41, 5.74) is -0.0932. The third-order valence-corrected chi connectivity index (χ3v) is 2.83. The molecule has 108 valence electrons. The third kappa shape index (κ3) is 2.79. The molecule has 0 aliphatic heterocycles. The molecule has 0 heterocycles. The van der Waals surface area contributed by atoms with Gasteiger partial charge < -0.3 is 9.47 Å². The van der Waals surface area contributed by atoms with Crippen molar-refractivity contribution in [2.75, 3.05) is 7.11 Å². The molecular formula is C15H9N3O4. The van der Waals surface area contributed by atoms with E-state index in [-0.39, 0.29) is 28.3 Å². The van der Waals surface area contributed by atoms with E-state index >= 15 is 0 Å². The number of ether oxygens (including phenoxy) is 2. The lowest BCUT2D eigenvalue weighted by Gasteiger charge is -2.10. The van der Waals surface area contributed by atoms with Crippen LogP contribution in [0.1, 0.15) is 11.1 Å². The molecule has 0 amide bonds. The van der Waals surface area contributed by atoms with Gasteiger partial charge >= 0.3 is 5.69 Å². The molecule has 0 saturated carbocycles. The number of rotatable bonds is 4. The van der Waals surface area contributed by atoms with Crippen LogP contribution in [-0.2, 0) is 0 Å². The van der Waals surface area contributed by atoms with Crippen LogP contribution >= 0.6 is 0 Å². The molecule has 0 aliphatic rings. The van der Waals surface area contributed by atoms with Crippen LogP contribution in [0.4, 0.5) is 5.69 Å². The Balaban J connectivity index is 2.55. The van der Waals surface area contributed by atoms with Crippen LogP contribution in [0, 0.1) is 32.8 Å². The van der Waals surface area contributed by atoms with Crippen molar-refractivity contribution in [3.63, 3.8) is 0 Å². The molecule has 0 spiro atoms. The first-order chi connectivity index (χ1) is 10.6. The van der Waals surface area contributed by atoms with Gasteiger partial charge in [0.25, 0.3) is 0 Å². The smallest absolute Gasteiger partial charge is 0.315 e. The highest BCUT2D eigenvalue weighted by molar-refractivity contribution is 5.58. The van der Waals surface area contributed by atoms with E-state index in [4.69, 9.17) is 20.0 Å². The average Bonchev–Trinajstić information content (AvgIpc) is 2.55. The van der Waals surface area contributed by atoms with Crippen molar-refractivity contribution in [1.29, 1.82) is 10.5 Å². The van der Waals surface area contributed by atoms with Crippen LogP contribution < -0.4 is 9.47 Å². The standard InChI is InChI=1S/C15H9N3O4/c1-21-12-5-6-14(13(7-12)18(19)20)22-15-10(8-16)3-2-4-11(15)9-17/h2-7H,1H3. The lowest BCUT2D eigenvalue weighted by molar-refractivity contribution is -0.385. The SMILES string of the molecule is COc1ccc(Oc2c(C#N)cccc2C#N)c([N+](=O)[O-])c1. The zero-order valence-electron chi connectivity index (χ0n) is 11.4. The van der Waals surface area contributed by atoms with Crippen molar-refractivity contribution in [3.05, 3.63) is 57.6 Å². The second kappa shape index (κ2) is 6.25. The minimum Gasteiger partial charge on any atom is -0.496 e. The second-order valence-electron chi connectivity index (χ2n) is 4.10. The number of para-hydroxylation sites is 1. The topological polar surface area (TPSA) is 109 Å². The molecule has 7 nitrogen and oxygen atoms in total. The number of nitro benzene ring substituents is 1. The Hall–Kier alpha value is -3.58. The predicted octanol–water partition coefficient (Wildman–Crippen LogP) is 3.14. The molecule has 7 heteroatoms. The minimum absolute atomic E-state index is 0.0132. The summed E-state index contributed by atoms with van der Waals surface area (Å²) < 4.78 is 10.4. The van der Waals surface area contributed by atoms with E-state index in [2.05, 4.69) is 0 Å². The largest absolute Gasteiger partial charge is 0.496 e. The number of nitriles is 2. The fourth-order valence-electron chi connectivity index (χ4n) is 1.79. The Morgan fingerprint density at radius 2 is 1.77 bits per heavy atom. The molecule has 0 unspecified atom stereocenters. The van der Waals surface area contributed by atoms with Gasteiger partial charge in [-0.15, -0.1) is 0 Å². The highest BCUT2D eigenvalue weighted by Crippen LogP contribution is 2.36. The Morgan fingerprint density at radius 1 is 1.14 bits per heavy atom. The maximum Gasteiger partial charge on any atom is 0.315 e. The average molecular weight is 295 g/mol. The summed E-state index contributed by atoms with van der Waals surface area (Å²) in [6, 6.07) is 12.3. The van der Waals surface area contributed by atoms with Gasteiger partial charge in [0, 0.05) is 0 Å². The van der Waals surface area contributed by atoms with Gasteiger partial charge in [-0.25, -0.2) is 0 Å². The summed E-state index contributed by atoms with van der Waals surface area (Å²) in [6.07, 6.45) is 0. The molecule has 0 aromatic heterocycles. The van der Waals surface area contributed by atoms with Gasteiger partial charge in [-0.05, 0) is 24.3 Å². The van der Waals surface area contributed by atoms with E-state index in [0.717, 1.165) is 0 Å². The number of nitrogens with zero attached hydrogens (tertiary/aromatic N) is 3. The highest BCUT2D eigenvalue weighted by atomic mass is 16.6. The van der Waals surface area contributed by atoms with E-state index in [1.165, 1.54) is 43.5 Å². The molecule has 2 aromatic rings. The van der Waals surface area contributed by atoms with Crippen LogP contribution in [0.25, 0.3) is 0 Å². The highest BCUT2D eigenvalue weighted by Gasteiger charge is 2.20. The fraction of sp³-hybridized carbons (Fsp3) is 0.0667.